The van der Waals surface area contributed by atoms with Crippen LogP contribution in [-0.4, -0.2) is 29.7 Å². The number of likely N-dealkylation sites (tertiary alicyclic amines) is 1. The quantitative estimate of drug-likeness (QED) is 0.865. The van der Waals surface area contributed by atoms with Gasteiger partial charge in [0, 0.05) is 19.7 Å². The van der Waals surface area contributed by atoms with Crippen LogP contribution in [0.5, 0.6) is 0 Å². The smallest absolute Gasteiger partial charge is 0.396 e. The second-order valence-electron chi connectivity index (χ2n) is 5.24. The van der Waals surface area contributed by atoms with Gasteiger partial charge in [0.1, 0.15) is 5.82 Å². The fraction of sp³-hybridized carbons (Fsp3) is 0.571. The Morgan fingerprint density at radius 3 is 2.70 bits per heavy atom. The van der Waals surface area contributed by atoms with E-state index in [1.807, 2.05) is 4.90 Å². The molecule has 1 N–H and O–H groups in total. The van der Waals surface area contributed by atoms with Crippen LogP contribution in [0.3, 0.4) is 0 Å². The molecule has 20 heavy (non-hydrogen) atoms. The molecule has 1 unspecified atom stereocenters. The van der Waals surface area contributed by atoms with E-state index in [0.29, 0.717) is 18.7 Å². The minimum Gasteiger partial charge on any atom is -0.396 e. The SMILES string of the molecule is OCC1CCCN(Cc2ccc(F)c(C(F)(F)F)c2)C1. The predicted molar refractivity (Wildman–Crippen MR) is 66.5 cm³/mol. The van der Waals surface area contributed by atoms with Crippen LogP contribution in [0.1, 0.15) is 24.0 Å². The van der Waals surface area contributed by atoms with Gasteiger partial charge in [-0.15, -0.1) is 0 Å². The van der Waals surface area contributed by atoms with Gasteiger partial charge in [0.2, 0.25) is 0 Å². The minimum absolute atomic E-state index is 0.0910. The maximum absolute atomic E-state index is 13.2. The van der Waals surface area contributed by atoms with E-state index in [0.717, 1.165) is 31.5 Å². The van der Waals surface area contributed by atoms with Crippen LogP contribution >= 0.6 is 0 Å². The van der Waals surface area contributed by atoms with Crippen molar-refractivity contribution in [3.05, 3.63) is 35.1 Å². The van der Waals surface area contributed by atoms with Gasteiger partial charge in [-0.05, 0) is 43.0 Å². The zero-order valence-corrected chi connectivity index (χ0v) is 11.0. The minimum atomic E-state index is -4.67. The van der Waals surface area contributed by atoms with Crippen LogP contribution in [0.25, 0.3) is 0 Å². The van der Waals surface area contributed by atoms with Gasteiger partial charge < -0.3 is 5.11 Å². The second-order valence-corrected chi connectivity index (χ2v) is 5.24. The molecule has 112 valence electrons. The standard InChI is InChI=1S/C14H17F4NO/c15-13-4-3-10(6-12(13)14(16,17)18)7-19-5-1-2-11(8-19)9-20/h3-4,6,11,20H,1-2,5,7-9H2. The molecule has 1 atom stereocenters. The first-order valence-electron chi connectivity index (χ1n) is 6.59. The highest BCUT2D eigenvalue weighted by Gasteiger charge is 2.34. The fourth-order valence-corrected chi connectivity index (χ4v) is 2.59. The summed E-state index contributed by atoms with van der Waals surface area (Å²) in [5.74, 6) is -1.07. The summed E-state index contributed by atoms with van der Waals surface area (Å²) in [7, 11) is 0. The van der Waals surface area contributed by atoms with Gasteiger partial charge >= 0.3 is 6.18 Å². The van der Waals surface area contributed by atoms with Gasteiger partial charge in [0.05, 0.1) is 5.56 Å². The first kappa shape index (κ1) is 15.3. The fourth-order valence-electron chi connectivity index (χ4n) is 2.59. The third-order valence-electron chi connectivity index (χ3n) is 3.60. The number of alkyl halides is 3. The van der Waals surface area contributed by atoms with E-state index in [1.54, 1.807) is 0 Å². The van der Waals surface area contributed by atoms with Crippen molar-refractivity contribution in [2.24, 2.45) is 5.92 Å². The average Bonchev–Trinajstić information content (AvgIpc) is 2.40. The molecule has 0 amide bonds. The Labute approximate surface area is 115 Å². The summed E-state index contributed by atoms with van der Waals surface area (Å²) in [6.07, 6.45) is -2.82. The van der Waals surface area contributed by atoms with Crippen molar-refractivity contribution in [2.45, 2.75) is 25.6 Å². The number of nitrogens with zero attached hydrogens (tertiary/aromatic N) is 1. The van der Waals surface area contributed by atoms with Crippen molar-refractivity contribution in [1.82, 2.24) is 4.90 Å². The summed E-state index contributed by atoms with van der Waals surface area (Å²) >= 11 is 0. The highest BCUT2D eigenvalue weighted by Crippen LogP contribution is 2.32. The highest BCUT2D eigenvalue weighted by atomic mass is 19.4. The first-order chi connectivity index (χ1) is 9.40. The van der Waals surface area contributed by atoms with Crippen LogP contribution in [-0.2, 0) is 12.7 Å². The predicted octanol–water partition coefficient (Wildman–Crippen LogP) is 3.05. The van der Waals surface area contributed by atoms with E-state index < -0.39 is 17.6 Å². The molecule has 0 aromatic heterocycles. The molecule has 2 rings (SSSR count). The highest BCUT2D eigenvalue weighted by molar-refractivity contribution is 5.27. The molecule has 1 aromatic carbocycles. The summed E-state index contributed by atoms with van der Waals surface area (Å²) in [6.45, 7) is 1.89. The zero-order chi connectivity index (χ0) is 14.8. The molecule has 1 heterocycles. The molecule has 2 nitrogen and oxygen atoms in total. The van der Waals surface area contributed by atoms with E-state index >= 15 is 0 Å². The maximum atomic E-state index is 13.2. The molecule has 0 aliphatic carbocycles. The van der Waals surface area contributed by atoms with E-state index in [9.17, 15) is 17.6 Å². The summed E-state index contributed by atoms with van der Waals surface area (Å²) in [5, 5.41) is 9.14. The monoisotopic (exact) mass is 291 g/mol. The Balaban J connectivity index is 2.10. The molecular weight excluding hydrogens is 274 g/mol. The third kappa shape index (κ3) is 3.70. The molecule has 1 fully saturated rings. The summed E-state index contributed by atoms with van der Waals surface area (Å²) < 4.78 is 51.1. The Bertz CT molecular complexity index is 461. The van der Waals surface area contributed by atoms with Gasteiger partial charge in [-0.25, -0.2) is 4.39 Å². The van der Waals surface area contributed by atoms with Crippen LogP contribution in [0, 0.1) is 11.7 Å². The normalized spacial score (nSPS) is 21.1. The average molecular weight is 291 g/mol. The molecule has 0 spiro atoms. The number of rotatable bonds is 3. The van der Waals surface area contributed by atoms with Gasteiger partial charge in [0.25, 0.3) is 0 Å². The number of hydrogen-bond acceptors (Lipinski definition) is 2. The molecule has 0 bridgehead atoms. The van der Waals surface area contributed by atoms with E-state index in [4.69, 9.17) is 5.11 Å². The number of aliphatic hydroxyl groups excluding tert-OH is 1. The number of piperidine rings is 1. The Morgan fingerprint density at radius 1 is 1.30 bits per heavy atom. The second kappa shape index (κ2) is 6.10. The zero-order valence-electron chi connectivity index (χ0n) is 11.0. The molecule has 0 radical (unpaired) electrons. The lowest BCUT2D eigenvalue weighted by molar-refractivity contribution is -0.140. The van der Waals surface area contributed by atoms with Gasteiger partial charge in [-0.2, -0.15) is 13.2 Å². The molecule has 1 aliphatic heterocycles. The maximum Gasteiger partial charge on any atom is 0.419 e. The van der Waals surface area contributed by atoms with E-state index in [2.05, 4.69) is 0 Å². The molecule has 6 heteroatoms. The first-order valence-corrected chi connectivity index (χ1v) is 6.59. The van der Waals surface area contributed by atoms with Crippen molar-refractivity contribution < 1.29 is 22.7 Å². The summed E-state index contributed by atoms with van der Waals surface area (Å²) in [6, 6.07) is 3.12. The summed E-state index contributed by atoms with van der Waals surface area (Å²) in [4.78, 5) is 2.00. The van der Waals surface area contributed by atoms with Crippen molar-refractivity contribution in [1.29, 1.82) is 0 Å². The van der Waals surface area contributed by atoms with Crippen LogP contribution in [0.15, 0.2) is 18.2 Å². The van der Waals surface area contributed by atoms with Crippen LogP contribution in [0.4, 0.5) is 17.6 Å². The van der Waals surface area contributed by atoms with Crippen molar-refractivity contribution in [2.75, 3.05) is 19.7 Å². The lowest BCUT2D eigenvalue weighted by Crippen LogP contribution is -2.36. The Kier molecular flexibility index (Phi) is 4.65. The molecule has 1 saturated heterocycles. The van der Waals surface area contributed by atoms with Gasteiger partial charge in [0.15, 0.2) is 0 Å². The number of aliphatic hydroxyl groups is 1. The van der Waals surface area contributed by atoms with E-state index in [1.165, 1.54) is 6.07 Å². The Hall–Kier alpha value is -1.14. The third-order valence-corrected chi connectivity index (χ3v) is 3.60. The van der Waals surface area contributed by atoms with Crippen molar-refractivity contribution in [3.8, 4) is 0 Å². The van der Waals surface area contributed by atoms with E-state index in [-0.39, 0.29) is 12.5 Å². The number of hydrogen-bond donors (Lipinski definition) is 1. The van der Waals surface area contributed by atoms with Gasteiger partial charge in [-0.1, -0.05) is 6.07 Å². The van der Waals surface area contributed by atoms with Crippen molar-refractivity contribution >= 4 is 0 Å². The largest absolute Gasteiger partial charge is 0.419 e. The lowest BCUT2D eigenvalue weighted by atomic mass is 9.98. The number of halogens is 4. The number of benzene rings is 1. The molecule has 0 saturated carbocycles. The molecule has 1 aliphatic rings. The van der Waals surface area contributed by atoms with Crippen LogP contribution in [0.2, 0.25) is 0 Å². The van der Waals surface area contributed by atoms with Crippen LogP contribution < -0.4 is 0 Å². The van der Waals surface area contributed by atoms with Crippen molar-refractivity contribution in [3.63, 3.8) is 0 Å². The molecule has 1 aromatic rings. The molecular formula is C14H17F4NO. The topological polar surface area (TPSA) is 23.5 Å². The Morgan fingerprint density at radius 2 is 2.05 bits per heavy atom. The summed E-state index contributed by atoms with van der Waals surface area (Å²) in [5.41, 5.74) is -0.775. The van der Waals surface area contributed by atoms with Gasteiger partial charge in [-0.3, -0.25) is 4.90 Å². The lowest BCUT2D eigenvalue weighted by Gasteiger charge is -2.31.